The first-order valence-electron chi connectivity index (χ1n) is 9.88. The summed E-state index contributed by atoms with van der Waals surface area (Å²) in [7, 11) is 0. The average Bonchev–Trinajstić information content (AvgIpc) is 3.13. The number of hydrogen-bond acceptors (Lipinski definition) is 5. The molecule has 0 saturated carbocycles. The van der Waals surface area contributed by atoms with Gasteiger partial charge in [-0.05, 0) is 43.0 Å². The highest BCUT2D eigenvalue weighted by molar-refractivity contribution is 8.00. The second kappa shape index (κ2) is 8.29. The number of anilines is 1. The molecule has 2 N–H and O–H groups in total. The number of thioether (sulfide) groups is 1. The Kier molecular flexibility index (Phi) is 5.58. The van der Waals surface area contributed by atoms with Crippen LogP contribution in [-0.4, -0.2) is 26.0 Å². The molecule has 7 heteroatoms. The van der Waals surface area contributed by atoms with Crippen LogP contribution in [0.3, 0.4) is 0 Å². The number of fused-ring (bicyclic) bond motifs is 1. The third kappa shape index (κ3) is 3.87. The maximum Gasteiger partial charge on any atom is 0.240 e. The number of nitrogens with one attached hydrogen (secondary N) is 2. The monoisotopic (exact) mass is 407 g/mol. The van der Waals surface area contributed by atoms with Crippen molar-refractivity contribution in [1.29, 1.82) is 0 Å². The van der Waals surface area contributed by atoms with Gasteiger partial charge in [-0.2, -0.15) is 0 Å². The first kappa shape index (κ1) is 19.5. The molecular weight excluding hydrogens is 382 g/mol. The maximum absolute atomic E-state index is 13.3. The van der Waals surface area contributed by atoms with Crippen LogP contribution >= 0.6 is 11.8 Å². The highest BCUT2D eigenvalue weighted by atomic mass is 32.2. The molecule has 0 aliphatic carbocycles. The van der Waals surface area contributed by atoms with E-state index in [-0.39, 0.29) is 17.2 Å². The molecule has 29 heavy (non-hydrogen) atoms. The number of benzene rings is 2. The van der Waals surface area contributed by atoms with Crippen LogP contribution in [0.5, 0.6) is 0 Å². The van der Waals surface area contributed by atoms with Crippen LogP contribution < -0.4 is 10.7 Å². The number of aromatic nitrogens is 3. The third-order valence-corrected chi connectivity index (χ3v) is 6.47. The van der Waals surface area contributed by atoms with Gasteiger partial charge >= 0.3 is 0 Å². The zero-order chi connectivity index (χ0) is 20.4. The van der Waals surface area contributed by atoms with Crippen molar-refractivity contribution < 1.29 is 4.79 Å². The normalized spacial score (nSPS) is 18.0. The fourth-order valence-corrected chi connectivity index (χ4v) is 4.58. The van der Waals surface area contributed by atoms with E-state index in [2.05, 4.69) is 27.9 Å². The maximum atomic E-state index is 13.3. The van der Waals surface area contributed by atoms with E-state index in [9.17, 15) is 4.79 Å². The number of aryl methyl sites for hydroxylation is 2. The molecule has 6 nitrogen and oxygen atoms in total. The molecule has 0 spiro atoms. The summed E-state index contributed by atoms with van der Waals surface area (Å²) in [5.74, 6) is 0.848. The Hall–Kier alpha value is -2.80. The minimum atomic E-state index is -0.372. The SMILES string of the molecule is CCCc1nnc2n1N[C@@H](c1ccccc1)[C@@H](C(=O)Nc1cccc(C)c1C)S2. The van der Waals surface area contributed by atoms with E-state index in [0.29, 0.717) is 0 Å². The number of carbonyl (C=O) groups is 1. The van der Waals surface area contributed by atoms with Crippen molar-refractivity contribution in [1.82, 2.24) is 14.9 Å². The van der Waals surface area contributed by atoms with Gasteiger partial charge in [0.2, 0.25) is 11.1 Å². The van der Waals surface area contributed by atoms with Crippen LogP contribution in [0.25, 0.3) is 0 Å². The quantitative estimate of drug-likeness (QED) is 0.662. The van der Waals surface area contributed by atoms with Crippen LogP contribution in [0.2, 0.25) is 0 Å². The smallest absolute Gasteiger partial charge is 0.240 e. The Balaban J connectivity index is 1.67. The summed E-state index contributed by atoms with van der Waals surface area (Å²) in [5, 5.41) is 12.1. The molecule has 2 heterocycles. The molecule has 1 aliphatic heterocycles. The van der Waals surface area contributed by atoms with Crippen LogP contribution in [0.4, 0.5) is 5.69 Å². The highest BCUT2D eigenvalue weighted by Crippen LogP contribution is 2.37. The molecular formula is C22H25N5OS. The molecule has 1 aromatic heterocycles. The molecule has 2 atom stereocenters. The minimum Gasteiger partial charge on any atom is -0.325 e. The lowest BCUT2D eigenvalue weighted by Crippen LogP contribution is -2.41. The molecule has 0 radical (unpaired) electrons. The number of amides is 1. The van der Waals surface area contributed by atoms with E-state index in [1.807, 2.05) is 67.1 Å². The summed E-state index contributed by atoms with van der Waals surface area (Å²) in [4.78, 5) is 13.3. The first-order valence-corrected chi connectivity index (χ1v) is 10.8. The Morgan fingerprint density at radius 2 is 1.93 bits per heavy atom. The van der Waals surface area contributed by atoms with E-state index < -0.39 is 0 Å². The fraction of sp³-hybridized carbons (Fsp3) is 0.318. The first-order chi connectivity index (χ1) is 14.1. The van der Waals surface area contributed by atoms with Gasteiger partial charge in [0.05, 0.1) is 6.04 Å². The third-order valence-electron chi connectivity index (χ3n) is 5.26. The van der Waals surface area contributed by atoms with E-state index in [1.54, 1.807) is 0 Å². The predicted molar refractivity (Wildman–Crippen MR) is 117 cm³/mol. The predicted octanol–water partition coefficient (Wildman–Crippen LogP) is 4.25. The van der Waals surface area contributed by atoms with Gasteiger partial charge in [0, 0.05) is 12.1 Å². The number of hydrogen-bond donors (Lipinski definition) is 2. The van der Waals surface area contributed by atoms with Crippen molar-refractivity contribution in [2.24, 2.45) is 0 Å². The summed E-state index contributed by atoms with van der Waals surface area (Å²) in [6.45, 7) is 6.19. The van der Waals surface area contributed by atoms with Crippen molar-refractivity contribution >= 4 is 23.4 Å². The Labute approximate surface area is 175 Å². The molecule has 0 saturated heterocycles. The van der Waals surface area contributed by atoms with E-state index in [0.717, 1.165) is 46.2 Å². The minimum absolute atomic E-state index is 0.0451. The number of rotatable bonds is 5. The molecule has 0 bridgehead atoms. The van der Waals surface area contributed by atoms with Crippen molar-refractivity contribution in [3.05, 3.63) is 71.0 Å². The van der Waals surface area contributed by atoms with Gasteiger partial charge in [-0.25, -0.2) is 4.68 Å². The van der Waals surface area contributed by atoms with Crippen LogP contribution in [0.15, 0.2) is 53.7 Å². The standard InChI is InChI=1S/C22H25N5OS/c1-4-9-18-24-25-22-27(18)26-19(16-11-6-5-7-12-16)20(29-22)21(28)23-17-13-8-10-14(2)15(17)3/h5-8,10-13,19-20,26H,4,9H2,1-3H3,(H,23,28)/t19-,20-/m0/s1. The summed E-state index contributed by atoms with van der Waals surface area (Å²) in [5.41, 5.74) is 7.64. The molecule has 1 amide bonds. The molecule has 1 aliphatic rings. The Bertz CT molecular complexity index is 1020. The number of nitrogens with zero attached hydrogens (tertiary/aromatic N) is 3. The zero-order valence-corrected chi connectivity index (χ0v) is 17.7. The van der Waals surface area contributed by atoms with E-state index >= 15 is 0 Å². The largest absolute Gasteiger partial charge is 0.325 e. The second-order valence-corrected chi connectivity index (χ2v) is 8.39. The van der Waals surface area contributed by atoms with Crippen molar-refractivity contribution in [3.63, 3.8) is 0 Å². The number of carbonyl (C=O) groups excluding carboxylic acids is 1. The second-order valence-electron chi connectivity index (χ2n) is 7.28. The molecule has 2 aromatic carbocycles. The lowest BCUT2D eigenvalue weighted by Gasteiger charge is -2.33. The molecule has 4 rings (SSSR count). The average molecular weight is 408 g/mol. The lowest BCUT2D eigenvalue weighted by molar-refractivity contribution is -0.116. The van der Waals surface area contributed by atoms with Gasteiger partial charge in [-0.3, -0.25) is 4.79 Å². The molecule has 150 valence electrons. The summed E-state index contributed by atoms with van der Waals surface area (Å²) >= 11 is 1.46. The fourth-order valence-electron chi connectivity index (χ4n) is 3.49. The van der Waals surface area contributed by atoms with Gasteiger partial charge < -0.3 is 10.7 Å². The topological polar surface area (TPSA) is 71.8 Å². The Morgan fingerprint density at radius 1 is 1.14 bits per heavy atom. The van der Waals surface area contributed by atoms with Crippen LogP contribution in [0.1, 0.15) is 41.9 Å². The van der Waals surface area contributed by atoms with Crippen LogP contribution in [-0.2, 0) is 11.2 Å². The summed E-state index contributed by atoms with van der Waals surface area (Å²) < 4.78 is 1.94. The van der Waals surface area contributed by atoms with E-state index in [1.165, 1.54) is 11.8 Å². The van der Waals surface area contributed by atoms with Crippen molar-refractivity contribution in [2.75, 3.05) is 10.7 Å². The highest BCUT2D eigenvalue weighted by Gasteiger charge is 2.37. The molecule has 0 fully saturated rings. The van der Waals surface area contributed by atoms with Gasteiger partial charge in [-0.1, -0.05) is 61.2 Å². The van der Waals surface area contributed by atoms with Gasteiger partial charge in [0.25, 0.3) is 0 Å². The molecule has 0 unspecified atom stereocenters. The van der Waals surface area contributed by atoms with Crippen molar-refractivity contribution in [3.8, 4) is 0 Å². The van der Waals surface area contributed by atoms with Gasteiger partial charge in [0.15, 0.2) is 5.82 Å². The zero-order valence-electron chi connectivity index (χ0n) is 16.8. The Morgan fingerprint density at radius 3 is 2.69 bits per heavy atom. The van der Waals surface area contributed by atoms with Gasteiger partial charge in [-0.15, -0.1) is 10.2 Å². The van der Waals surface area contributed by atoms with Gasteiger partial charge in [0.1, 0.15) is 5.25 Å². The van der Waals surface area contributed by atoms with Crippen molar-refractivity contribution in [2.45, 2.75) is 50.1 Å². The lowest BCUT2D eigenvalue weighted by atomic mass is 10.0. The van der Waals surface area contributed by atoms with Crippen LogP contribution in [0, 0.1) is 13.8 Å². The summed E-state index contributed by atoms with van der Waals surface area (Å²) in [6.07, 6.45) is 1.82. The molecule has 3 aromatic rings. The summed E-state index contributed by atoms with van der Waals surface area (Å²) in [6, 6.07) is 15.8. The van der Waals surface area contributed by atoms with E-state index in [4.69, 9.17) is 0 Å².